The fourth-order valence-corrected chi connectivity index (χ4v) is 4.22. The quantitative estimate of drug-likeness (QED) is 0.344. The maximum Gasteiger partial charge on any atom is 0.266 e. The van der Waals surface area contributed by atoms with Crippen LogP contribution >= 0.6 is 24.0 Å². The number of thioether (sulfide) groups is 1. The molecule has 1 fully saturated rings. The maximum absolute atomic E-state index is 12.7. The van der Waals surface area contributed by atoms with Gasteiger partial charge in [0, 0.05) is 23.9 Å². The Morgan fingerprint density at radius 3 is 2.43 bits per heavy atom. The van der Waals surface area contributed by atoms with E-state index >= 15 is 0 Å². The van der Waals surface area contributed by atoms with Gasteiger partial charge in [-0.1, -0.05) is 78.6 Å². The first-order valence-corrected chi connectivity index (χ1v) is 9.96. The van der Waals surface area contributed by atoms with E-state index in [9.17, 15) is 4.79 Å². The van der Waals surface area contributed by atoms with Gasteiger partial charge >= 0.3 is 0 Å². The van der Waals surface area contributed by atoms with Crippen molar-refractivity contribution in [1.82, 2.24) is 14.7 Å². The van der Waals surface area contributed by atoms with E-state index in [0.29, 0.717) is 15.8 Å². The van der Waals surface area contributed by atoms with Crippen molar-refractivity contribution in [3.63, 3.8) is 0 Å². The van der Waals surface area contributed by atoms with Gasteiger partial charge in [-0.25, -0.2) is 4.68 Å². The molecule has 28 heavy (non-hydrogen) atoms. The zero-order valence-corrected chi connectivity index (χ0v) is 16.6. The standard InChI is InChI=1S/C22H17N3OS2/c1-2-13-24-21(26)19(28-22(24)27)14-17-15-25(18-11-7-4-8-12-18)23-20(17)16-9-5-3-6-10-16/h2-12,14-15H,1,13H2/b19-14-. The third kappa shape index (κ3) is 3.56. The van der Waals surface area contributed by atoms with Crippen molar-refractivity contribution >= 4 is 40.3 Å². The number of amides is 1. The fraction of sp³-hybridized carbons (Fsp3) is 0.0455. The number of rotatable bonds is 5. The Balaban J connectivity index is 1.80. The number of hydrogen-bond donors (Lipinski definition) is 0. The summed E-state index contributed by atoms with van der Waals surface area (Å²) in [7, 11) is 0. The molecule has 3 aromatic rings. The van der Waals surface area contributed by atoms with Crippen LogP contribution < -0.4 is 0 Å². The van der Waals surface area contributed by atoms with Crippen LogP contribution in [0.4, 0.5) is 0 Å². The van der Waals surface area contributed by atoms with Gasteiger partial charge in [-0.2, -0.15) is 5.10 Å². The lowest BCUT2D eigenvalue weighted by molar-refractivity contribution is -0.121. The van der Waals surface area contributed by atoms with E-state index in [1.165, 1.54) is 11.8 Å². The van der Waals surface area contributed by atoms with Crippen molar-refractivity contribution in [2.24, 2.45) is 0 Å². The zero-order chi connectivity index (χ0) is 19.5. The molecular formula is C22H17N3OS2. The van der Waals surface area contributed by atoms with Gasteiger partial charge in [0.15, 0.2) is 0 Å². The summed E-state index contributed by atoms with van der Waals surface area (Å²) in [6.45, 7) is 4.11. The van der Waals surface area contributed by atoms with Crippen LogP contribution in [0.2, 0.25) is 0 Å². The van der Waals surface area contributed by atoms with Gasteiger partial charge in [0.2, 0.25) is 0 Å². The van der Waals surface area contributed by atoms with E-state index in [4.69, 9.17) is 17.3 Å². The van der Waals surface area contributed by atoms with E-state index in [0.717, 1.165) is 22.5 Å². The van der Waals surface area contributed by atoms with E-state index < -0.39 is 0 Å². The summed E-state index contributed by atoms with van der Waals surface area (Å²) in [5, 5.41) is 4.78. The van der Waals surface area contributed by atoms with Crippen LogP contribution in [0.15, 0.2) is 84.4 Å². The number of nitrogens with zero attached hydrogens (tertiary/aromatic N) is 3. The summed E-state index contributed by atoms with van der Waals surface area (Å²) in [6.07, 6.45) is 5.49. The SMILES string of the molecule is C=CCN1C(=O)/C(=C/c2cn(-c3ccccc3)nc2-c2ccccc2)SC1=S. The van der Waals surface area contributed by atoms with E-state index in [1.807, 2.05) is 77.6 Å². The molecule has 4 rings (SSSR count). The molecule has 2 heterocycles. The maximum atomic E-state index is 12.7. The number of thiocarbonyl (C=S) groups is 1. The fourth-order valence-electron chi connectivity index (χ4n) is 2.95. The zero-order valence-electron chi connectivity index (χ0n) is 15.0. The average molecular weight is 404 g/mol. The van der Waals surface area contributed by atoms with Crippen molar-refractivity contribution in [1.29, 1.82) is 0 Å². The Kier molecular flexibility index (Phi) is 5.23. The van der Waals surface area contributed by atoms with Gasteiger partial charge in [0.1, 0.15) is 4.32 Å². The molecule has 0 radical (unpaired) electrons. The minimum atomic E-state index is -0.0960. The van der Waals surface area contributed by atoms with Crippen LogP contribution in [0, 0.1) is 0 Å². The Bertz CT molecular complexity index is 1070. The highest BCUT2D eigenvalue weighted by Crippen LogP contribution is 2.34. The first-order valence-electron chi connectivity index (χ1n) is 8.74. The van der Waals surface area contributed by atoms with Crippen molar-refractivity contribution in [3.8, 4) is 16.9 Å². The molecule has 1 aliphatic rings. The van der Waals surface area contributed by atoms with Crippen molar-refractivity contribution in [3.05, 3.63) is 90.0 Å². The summed E-state index contributed by atoms with van der Waals surface area (Å²) >= 11 is 6.65. The topological polar surface area (TPSA) is 38.1 Å². The van der Waals surface area contributed by atoms with E-state index in [1.54, 1.807) is 11.0 Å². The van der Waals surface area contributed by atoms with Gasteiger partial charge in [-0.3, -0.25) is 9.69 Å². The predicted molar refractivity (Wildman–Crippen MR) is 119 cm³/mol. The van der Waals surface area contributed by atoms with Crippen LogP contribution in [-0.4, -0.2) is 31.5 Å². The number of benzene rings is 2. The van der Waals surface area contributed by atoms with E-state index in [2.05, 4.69) is 6.58 Å². The third-order valence-corrected chi connectivity index (χ3v) is 5.66. The Hall–Kier alpha value is -2.96. The minimum absolute atomic E-state index is 0.0960. The van der Waals surface area contributed by atoms with Crippen LogP contribution in [0.25, 0.3) is 23.0 Å². The van der Waals surface area contributed by atoms with Crippen molar-refractivity contribution in [2.75, 3.05) is 6.54 Å². The first kappa shape index (κ1) is 18.4. The average Bonchev–Trinajstić information content (AvgIpc) is 3.26. The molecule has 138 valence electrons. The number of para-hydroxylation sites is 1. The molecule has 0 saturated carbocycles. The molecule has 0 N–H and O–H groups in total. The predicted octanol–water partition coefficient (Wildman–Crippen LogP) is 4.93. The highest BCUT2D eigenvalue weighted by Gasteiger charge is 2.31. The monoisotopic (exact) mass is 403 g/mol. The van der Waals surface area contributed by atoms with Crippen LogP contribution in [0.5, 0.6) is 0 Å². The lowest BCUT2D eigenvalue weighted by atomic mass is 10.1. The van der Waals surface area contributed by atoms with Gasteiger partial charge in [0.05, 0.1) is 16.3 Å². The summed E-state index contributed by atoms with van der Waals surface area (Å²) in [4.78, 5) is 14.9. The Morgan fingerprint density at radius 2 is 1.75 bits per heavy atom. The Morgan fingerprint density at radius 1 is 1.07 bits per heavy atom. The molecular weight excluding hydrogens is 386 g/mol. The third-order valence-electron chi connectivity index (χ3n) is 4.28. The van der Waals surface area contributed by atoms with E-state index in [-0.39, 0.29) is 5.91 Å². The highest BCUT2D eigenvalue weighted by atomic mass is 32.2. The molecule has 1 amide bonds. The summed E-state index contributed by atoms with van der Waals surface area (Å²) < 4.78 is 2.38. The van der Waals surface area contributed by atoms with Crippen molar-refractivity contribution in [2.45, 2.75) is 0 Å². The highest BCUT2D eigenvalue weighted by molar-refractivity contribution is 8.26. The second kappa shape index (κ2) is 7.96. The van der Waals surface area contributed by atoms with Crippen molar-refractivity contribution < 1.29 is 4.79 Å². The van der Waals surface area contributed by atoms with Crippen LogP contribution in [0.3, 0.4) is 0 Å². The summed E-state index contributed by atoms with van der Waals surface area (Å²) in [5.74, 6) is -0.0960. The molecule has 0 atom stereocenters. The number of carbonyl (C=O) groups is 1. The molecule has 2 aromatic carbocycles. The molecule has 1 aromatic heterocycles. The molecule has 1 saturated heterocycles. The molecule has 6 heteroatoms. The number of hydrogen-bond acceptors (Lipinski definition) is 4. The summed E-state index contributed by atoms with van der Waals surface area (Å²) in [6, 6.07) is 19.8. The molecule has 0 bridgehead atoms. The van der Waals surface area contributed by atoms with Crippen LogP contribution in [0.1, 0.15) is 5.56 Å². The Labute approximate surface area is 173 Å². The molecule has 1 aliphatic heterocycles. The lowest BCUT2D eigenvalue weighted by Crippen LogP contribution is -2.27. The van der Waals surface area contributed by atoms with Gasteiger partial charge in [-0.05, 0) is 18.2 Å². The second-order valence-electron chi connectivity index (χ2n) is 6.16. The van der Waals surface area contributed by atoms with Crippen LogP contribution in [-0.2, 0) is 4.79 Å². The normalized spacial score (nSPS) is 15.4. The summed E-state index contributed by atoms with van der Waals surface area (Å²) in [5.41, 5.74) is 3.64. The number of aromatic nitrogens is 2. The van der Waals surface area contributed by atoms with Gasteiger partial charge in [-0.15, -0.1) is 6.58 Å². The van der Waals surface area contributed by atoms with Gasteiger partial charge in [0.25, 0.3) is 5.91 Å². The number of carbonyl (C=O) groups excluding carboxylic acids is 1. The molecule has 0 aliphatic carbocycles. The van der Waals surface area contributed by atoms with Gasteiger partial charge < -0.3 is 0 Å². The minimum Gasteiger partial charge on any atom is -0.289 e. The molecule has 4 nitrogen and oxygen atoms in total. The first-order chi connectivity index (χ1) is 13.7. The molecule has 0 unspecified atom stereocenters. The smallest absolute Gasteiger partial charge is 0.266 e. The largest absolute Gasteiger partial charge is 0.289 e. The molecule has 0 spiro atoms. The lowest BCUT2D eigenvalue weighted by Gasteiger charge is -2.10. The second-order valence-corrected chi connectivity index (χ2v) is 7.84.